The van der Waals surface area contributed by atoms with Gasteiger partial charge in [0.05, 0.1) is 24.1 Å². The van der Waals surface area contributed by atoms with Crippen LogP contribution in [0, 0.1) is 5.41 Å². The molecule has 1 atom stereocenters. The number of carbonyl (C=O) groups excluding carboxylic acids is 3. The lowest BCUT2D eigenvalue weighted by molar-refractivity contribution is -0.167. The number of imidazole rings is 1. The van der Waals surface area contributed by atoms with Crippen LogP contribution in [-0.2, 0) is 32.0 Å². The average Bonchev–Trinajstić information content (AvgIpc) is 3.37. The van der Waals surface area contributed by atoms with Crippen molar-refractivity contribution in [2.75, 3.05) is 13.2 Å². The first-order valence-electron chi connectivity index (χ1n) is 14.5. The maximum absolute atomic E-state index is 12.9. The number of nitrogen functional groups attached to an aromatic ring is 1. The Kier molecular flexibility index (Phi) is 11.1. The summed E-state index contributed by atoms with van der Waals surface area (Å²) in [4.78, 5) is 41.2. The van der Waals surface area contributed by atoms with Gasteiger partial charge in [0.2, 0.25) is 6.29 Å². The number of nitrogens with one attached hydrogen (secondary N) is 2. The van der Waals surface area contributed by atoms with Crippen LogP contribution < -0.4 is 11.1 Å². The molecule has 3 aromatic carbocycles. The molecule has 1 amide bonds. The number of aryl methyl sites for hydroxylation is 2. The van der Waals surface area contributed by atoms with Crippen LogP contribution in [0.3, 0.4) is 0 Å². The van der Waals surface area contributed by atoms with Crippen molar-refractivity contribution >= 4 is 34.9 Å². The van der Waals surface area contributed by atoms with E-state index < -0.39 is 18.4 Å². The number of ether oxygens (including phenoxy) is 3. The van der Waals surface area contributed by atoms with Gasteiger partial charge in [-0.05, 0) is 49.9 Å². The maximum atomic E-state index is 12.9. The number of rotatable bonds is 14. The summed E-state index contributed by atoms with van der Waals surface area (Å²) >= 11 is 0. The zero-order valence-corrected chi connectivity index (χ0v) is 24.9. The molecular formula is C33H37N5O6. The molecule has 11 nitrogen and oxygen atoms in total. The van der Waals surface area contributed by atoms with Gasteiger partial charge < -0.3 is 29.8 Å². The van der Waals surface area contributed by atoms with Crippen molar-refractivity contribution in [2.24, 2.45) is 5.73 Å². The Bertz CT molecular complexity index is 1600. The molecule has 4 rings (SSSR count). The molecule has 0 saturated heterocycles. The number of esters is 1. The summed E-state index contributed by atoms with van der Waals surface area (Å²) in [6.07, 6.45) is 0.765. The molecule has 1 heterocycles. The number of benzene rings is 3. The highest BCUT2D eigenvalue weighted by molar-refractivity contribution is 5.98. The Balaban J connectivity index is 1.44. The Hall–Kier alpha value is -5.19. The fourth-order valence-corrected chi connectivity index (χ4v) is 4.70. The lowest BCUT2D eigenvalue weighted by Gasteiger charge is -2.13. The van der Waals surface area contributed by atoms with Crippen molar-refractivity contribution in [3.8, 4) is 11.4 Å². The van der Waals surface area contributed by atoms with Gasteiger partial charge in [0.1, 0.15) is 11.7 Å². The van der Waals surface area contributed by atoms with E-state index in [1.807, 2.05) is 36.4 Å². The van der Waals surface area contributed by atoms with E-state index in [2.05, 4.69) is 26.8 Å². The number of amidine groups is 1. The molecule has 0 radical (unpaired) electrons. The Morgan fingerprint density at radius 1 is 0.977 bits per heavy atom. The van der Waals surface area contributed by atoms with E-state index in [1.54, 1.807) is 31.2 Å². The molecule has 1 aromatic heterocycles. The smallest absolute Gasteiger partial charge is 0.435 e. The summed E-state index contributed by atoms with van der Waals surface area (Å²) in [5.41, 5.74) is 10.4. The molecule has 0 fully saturated rings. The van der Waals surface area contributed by atoms with Crippen molar-refractivity contribution < 1.29 is 28.6 Å². The summed E-state index contributed by atoms with van der Waals surface area (Å²) in [7, 11) is 0. The fourth-order valence-electron chi connectivity index (χ4n) is 4.70. The molecule has 11 heteroatoms. The Morgan fingerprint density at radius 3 is 2.41 bits per heavy atom. The minimum Gasteiger partial charge on any atom is -0.435 e. The topological polar surface area (TPSA) is 159 Å². The molecule has 0 bridgehead atoms. The fraction of sp³-hybridized carbons (Fsp3) is 0.303. The highest BCUT2D eigenvalue weighted by Gasteiger charge is 2.17. The highest BCUT2D eigenvalue weighted by Crippen LogP contribution is 2.27. The number of hydrogen-bond acceptors (Lipinski definition) is 8. The van der Waals surface area contributed by atoms with Crippen molar-refractivity contribution in [3.63, 3.8) is 0 Å². The van der Waals surface area contributed by atoms with Gasteiger partial charge in [-0.3, -0.25) is 15.0 Å². The number of amides is 1. The molecule has 4 N–H and O–H groups in total. The number of aromatic nitrogens is 2. The number of nitrogens with zero attached hydrogens (tertiary/aromatic N) is 2. The molecule has 0 spiro atoms. The van der Waals surface area contributed by atoms with Gasteiger partial charge in [0.25, 0.3) is 5.91 Å². The van der Waals surface area contributed by atoms with Gasteiger partial charge >= 0.3 is 12.1 Å². The molecule has 44 heavy (non-hydrogen) atoms. The first-order valence-corrected chi connectivity index (χ1v) is 14.5. The molecule has 4 aromatic rings. The highest BCUT2D eigenvalue weighted by atomic mass is 16.8. The summed E-state index contributed by atoms with van der Waals surface area (Å²) < 4.78 is 16.6. The second-order valence-corrected chi connectivity index (χ2v) is 10.1. The van der Waals surface area contributed by atoms with Crippen LogP contribution in [0.15, 0.2) is 72.8 Å². The summed E-state index contributed by atoms with van der Waals surface area (Å²) in [6.45, 7) is 3.94. The van der Waals surface area contributed by atoms with Crippen LogP contribution in [0.4, 0.5) is 4.79 Å². The van der Waals surface area contributed by atoms with E-state index in [9.17, 15) is 14.4 Å². The number of fused-ring (bicyclic) bond motifs is 1. The molecular weight excluding hydrogens is 562 g/mol. The standard InChI is InChI=1S/C33H37N5O6/c1-3-42-33(41)44-22(2)43-29(39)18-19-36-32(40)26-16-17-28-27(21-26)37-31(25-14-12-24(13-15-25)30(34)35)38(28)20-8-7-11-23-9-5-4-6-10-23/h4-6,9-10,12-17,21-22H,3,7-8,11,18-20H2,1-2H3,(H3,34,35)(H,36,40). The third-order valence-electron chi connectivity index (χ3n) is 6.84. The number of carbonyl (C=O) groups is 3. The van der Waals surface area contributed by atoms with Gasteiger partial charge in [0.15, 0.2) is 0 Å². The van der Waals surface area contributed by atoms with Gasteiger partial charge in [-0.2, -0.15) is 0 Å². The minimum absolute atomic E-state index is 0.00518. The van der Waals surface area contributed by atoms with E-state index in [0.29, 0.717) is 16.6 Å². The zero-order valence-electron chi connectivity index (χ0n) is 24.9. The van der Waals surface area contributed by atoms with Crippen molar-refractivity contribution in [1.29, 1.82) is 5.41 Å². The van der Waals surface area contributed by atoms with Crippen LogP contribution in [0.2, 0.25) is 0 Å². The van der Waals surface area contributed by atoms with Gasteiger partial charge in [-0.25, -0.2) is 9.78 Å². The van der Waals surface area contributed by atoms with Crippen LogP contribution in [-0.4, -0.2) is 52.9 Å². The molecule has 0 saturated carbocycles. The lowest BCUT2D eigenvalue weighted by atomic mass is 10.1. The molecule has 0 aliphatic rings. The second-order valence-electron chi connectivity index (χ2n) is 10.1. The third kappa shape index (κ3) is 8.66. The lowest BCUT2D eigenvalue weighted by Crippen LogP contribution is -2.28. The average molecular weight is 600 g/mol. The van der Waals surface area contributed by atoms with Crippen LogP contribution >= 0.6 is 0 Å². The summed E-state index contributed by atoms with van der Waals surface area (Å²) in [5, 5.41) is 10.4. The monoisotopic (exact) mass is 599 g/mol. The van der Waals surface area contributed by atoms with E-state index in [-0.39, 0.29) is 31.3 Å². The van der Waals surface area contributed by atoms with Crippen LogP contribution in [0.5, 0.6) is 0 Å². The van der Waals surface area contributed by atoms with Gasteiger partial charge in [-0.1, -0.05) is 54.6 Å². The van der Waals surface area contributed by atoms with E-state index in [0.717, 1.165) is 42.7 Å². The minimum atomic E-state index is -1.11. The van der Waals surface area contributed by atoms with Crippen molar-refractivity contribution in [2.45, 2.75) is 52.4 Å². The van der Waals surface area contributed by atoms with Gasteiger partial charge in [-0.15, -0.1) is 0 Å². The number of hydrogen-bond donors (Lipinski definition) is 3. The quantitative estimate of drug-likeness (QED) is 0.0587. The zero-order chi connectivity index (χ0) is 31.5. The molecule has 1 unspecified atom stereocenters. The maximum Gasteiger partial charge on any atom is 0.511 e. The van der Waals surface area contributed by atoms with Crippen molar-refractivity contribution in [3.05, 3.63) is 89.5 Å². The predicted molar refractivity (Wildman–Crippen MR) is 166 cm³/mol. The number of nitrogens with two attached hydrogens (primary N) is 1. The molecule has 0 aliphatic heterocycles. The Morgan fingerprint density at radius 2 is 1.70 bits per heavy atom. The summed E-state index contributed by atoms with van der Waals surface area (Å²) in [6, 6.07) is 23.1. The van der Waals surface area contributed by atoms with E-state index in [4.69, 9.17) is 25.6 Å². The predicted octanol–water partition coefficient (Wildman–Crippen LogP) is 5.19. The van der Waals surface area contributed by atoms with E-state index >= 15 is 0 Å². The normalized spacial score (nSPS) is 11.5. The first kappa shape index (κ1) is 31.7. The van der Waals surface area contributed by atoms with Crippen LogP contribution in [0.1, 0.15) is 54.6 Å². The number of unbranched alkanes of at least 4 members (excludes halogenated alkanes) is 1. The Labute approximate surface area is 255 Å². The van der Waals surface area contributed by atoms with Crippen LogP contribution in [0.25, 0.3) is 22.4 Å². The third-order valence-corrected chi connectivity index (χ3v) is 6.84. The first-order chi connectivity index (χ1) is 21.2. The molecule has 0 aliphatic carbocycles. The second kappa shape index (κ2) is 15.3. The molecule has 230 valence electrons. The van der Waals surface area contributed by atoms with Crippen molar-refractivity contribution in [1.82, 2.24) is 14.9 Å². The summed E-state index contributed by atoms with van der Waals surface area (Å²) in [5.74, 6) is -0.243. The van der Waals surface area contributed by atoms with Gasteiger partial charge in [0, 0.05) is 36.7 Å². The SMILES string of the molecule is CCOC(=O)OC(C)OC(=O)CCNC(=O)c1ccc2c(c1)nc(-c1ccc(C(=N)N)cc1)n2CCCCc1ccccc1. The van der Waals surface area contributed by atoms with E-state index in [1.165, 1.54) is 12.5 Å². The largest absolute Gasteiger partial charge is 0.511 e.